The minimum absolute atomic E-state index is 0.0274. The second-order valence-electron chi connectivity index (χ2n) is 5.69. The molecule has 0 spiro atoms. The molecular formula is C14H24N4O. The second-order valence-corrected chi connectivity index (χ2v) is 5.69. The monoisotopic (exact) mass is 264 g/mol. The van der Waals surface area contributed by atoms with Crippen LogP contribution in [0.5, 0.6) is 0 Å². The van der Waals surface area contributed by atoms with Crippen LogP contribution in [0.3, 0.4) is 0 Å². The van der Waals surface area contributed by atoms with E-state index in [2.05, 4.69) is 29.0 Å². The number of aromatic nitrogens is 3. The van der Waals surface area contributed by atoms with Crippen molar-refractivity contribution in [2.24, 2.45) is 11.8 Å². The van der Waals surface area contributed by atoms with Crippen LogP contribution in [0.2, 0.25) is 0 Å². The molecule has 2 rings (SSSR count). The first-order valence-electron chi connectivity index (χ1n) is 7.32. The molecule has 1 atom stereocenters. The summed E-state index contributed by atoms with van der Waals surface area (Å²) in [4.78, 5) is 18.5. The molecule has 1 unspecified atom stereocenters. The van der Waals surface area contributed by atoms with Gasteiger partial charge in [0.15, 0.2) is 0 Å². The molecule has 0 saturated carbocycles. The first-order chi connectivity index (χ1) is 9.11. The van der Waals surface area contributed by atoms with E-state index in [9.17, 15) is 4.79 Å². The predicted octanol–water partition coefficient (Wildman–Crippen LogP) is 2.27. The van der Waals surface area contributed by atoms with Crippen LogP contribution >= 0.6 is 0 Å². The van der Waals surface area contributed by atoms with E-state index in [1.165, 1.54) is 6.42 Å². The molecular weight excluding hydrogens is 240 g/mol. The van der Waals surface area contributed by atoms with Crippen LogP contribution in [0.25, 0.3) is 0 Å². The Balaban J connectivity index is 1.99. The van der Waals surface area contributed by atoms with Crippen molar-refractivity contribution in [2.45, 2.75) is 46.5 Å². The topological polar surface area (TPSA) is 61.9 Å². The molecule has 0 aliphatic carbocycles. The van der Waals surface area contributed by atoms with E-state index in [1.807, 2.05) is 11.8 Å². The van der Waals surface area contributed by atoms with Crippen LogP contribution in [0.4, 0.5) is 0 Å². The van der Waals surface area contributed by atoms with Crippen LogP contribution in [0.1, 0.15) is 56.5 Å². The van der Waals surface area contributed by atoms with Gasteiger partial charge in [-0.2, -0.15) is 0 Å². The van der Waals surface area contributed by atoms with Crippen molar-refractivity contribution in [3.05, 3.63) is 11.6 Å². The maximum absolute atomic E-state index is 12.3. The maximum Gasteiger partial charge on any atom is 0.293 e. The fraction of sp³-hybridized carbons (Fsp3) is 0.786. The minimum atomic E-state index is -0.0274. The lowest BCUT2D eigenvalue weighted by Gasteiger charge is -2.20. The van der Waals surface area contributed by atoms with Crippen molar-refractivity contribution in [3.63, 3.8) is 0 Å². The maximum atomic E-state index is 12.3. The van der Waals surface area contributed by atoms with E-state index >= 15 is 0 Å². The Labute approximate surface area is 114 Å². The molecule has 19 heavy (non-hydrogen) atoms. The lowest BCUT2D eigenvalue weighted by molar-refractivity contribution is 0.0747. The lowest BCUT2D eigenvalue weighted by Crippen LogP contribution is -2.33. The number of hydrogen-bond donors (Lipinski definition) is 1. The zero-order valence-electron chi connectivity index (χ0n) is 12.1. The minimum Gasteiger partial charge on any atom is -0.336 e. The van der Waals surface area contributed by atoms with Crippen LogP contribution in [-0.4, -0.2) is 39.1 Å². The van der Waals surface area contributed by atoms with Gasteiger partial charge in [-0.3, -0.25) is 9.89 Å². The Kier molecular flexibility index (Phi) is 4.56. The summed E-state index contributed by atoms with van der Waals surface area (Å²) in [5.41, 5.74) is 0. The lowest BCUT2D eigenvalue weighted by atomic mass is 9.89. The average Bonchev–Trinajstić information content (AvgIpc) is 2.74. The second kappa shape index (κ2) is 6.17. The number of nitrogens with zero attached hydrogens (tertiary/aromatic N) is 3. The van der Waals surface area contributed by atoms with E-state index in [1.54, 1.807) is 0 Å². The van der Waals surface area contributed by atoms with Crippen molar-refractivity contribution < 1.29 is 4.79 Å². The van der Waals surface area contributed by atoms with Crippen molar-refractivity contribution in [2.75, 3.05) is 13.1 Å². The Hall–Kier alpha value is -1.39. The number of aromatic amines is 1. The van der Waals surface area contributed by atoms with E-state index in [-0.39, 0.29) is 5.91 Å². The number of aryl methyl sites for hydroxylation is 1. The molecule has 0 radical (unpaired) electrons. The molecule has 5 heteroatoms. The first-order valence-corrected chi connectivity index (χ1v) is 7.32. The highest BCUT2D eigenvalue weighted by Gasteiger charge is 2.25. The van der Waals surface area contributed by atoms with Gasteiger partial charge in [0, 0.05) is 19.5 Å². The average molecular weight is 264 g/mol. The van der Waals surface area contributed by atoms with Crippen molar-refractivity contribution in [1.29, 1.82) is 0 Å². The quantitative estimate of drug-likeness (QED) is 0.911. The van der Waals surface area contributed by atoms with E-state index in [0.717, 1.165) is 44.1 Å². The third kappa shape index (κ3) is 3.33. The van der Waals surface area contributed by atoms with Gasteiger partial charge in [-0.1, -0.05) is 20.8 Å². The van der Waals surface area contributed by atoms with E-state index in [4.69, 9.17) is 0 Å². The van der Waals surface area contributed by atoms with Gasteiger partial charge < -0.3 is 4.90 Å². The highest BCUT2D eigenvalue weighted by molar-refractivity contribution is 5.90. The molecule has 1 aromatic rings. The van der Waals surface area contributed by atoms with Crippen LogP contribution in [0, 0.1) is 11.8 Å². The summed E-state index contributed by atoms with van der Waals surface area (Å²) >= 11 is 0. The van der Waals surface area contributed by atoms with Crippen molar-refractivity contribution >= 4 is 5.91 Å². The zero-order valence-corrected chi connectivity index (χ0v) is 12.1. The Morgan fingerprint density at radius 2 is 2.21 bits per heavy atom. The van der Waals surface area contributed by atoms with Gasteiger partial charge in [-0.15, -0.1) is 5.10 Å². The van der Waals surface area contributed by atoms with Gasteiger partial charge in [0.1, 0.15) is 5.82 Å². The summed E-state index contributed by atoms with van der Waals surface area (Å²) < 4.78 is 0. The molecule has 0 bridgehead atoms. The number of likely N-dealkylation sites (tertiary alicyclic amines) is 1. The van der Waals surface area contributed by atoms with Gasteiger partial charge in [0.2, 0.25) is 5.82 Å². The number of carbonyl (C=O) groups is 1. The third-order valence-electron chi connectivity index (χ3n) is 4.06. The molecule has 1 saturated heterocycles. The van der Waals surface area contributed by atoms with Gasteiger partial charge in [-0.25, -0.2) is 4.98 Å². The highest BCUT2D eigenvalue weighted by Crippen LogP contribution is 2.24. The van der Waals surface area contributed by atoms with Crippen LogP contribution in [0.15, 0.2) is 0 Å². The van der Waals surface area contributed by atoms with E-state index < -0.39 is 0 Å². The summed E-state index contributed by atoms with van der Waals surface area (Å²) in [6, 6.07) is 0. The molecule has 5 nitrogen and oxygen atoms in total. The molecule has 2 heterocycles. The smallest absolute Gasteiger partial charge is 0.293 e. The SMILES string of the molecule is CCc1nc(C(=O)N2CCCC(C(C)C)CC2)n[nH]1. The summed E-state index contributed by atoms with van der Waals surface area (Å²) in [7, 11) is 0. The zero-order chi connectivity index (χ0) is 13.8. The standard InChI is InChI=1S/C14H24N4O/c1-4-12-15-13(17-16-12)14(19)18-8-5-6-11(7-9-18)10(2)3/h10-11H,4-9H2,1-3H3,(H,15,16,17). The van der Waals surface area contributed by atoms with E-state index in [0.29, 0.717) is 11.7 Å². The molecule has 1 aliphatic rings. The molecule has 1 aliphatic heterocycles. The van der Waals surface area contributed by atoms with Gasteiger partial charge >= 0.3 is 0 Å². The van der Waals surface area contributed by atoms with Crippen LogP contribution in [-0.2, 0) is 6.42 Å². The van der Waals surface area contributed by atoms with Crippen molar-refractivity contribution in [1.82, 2.24) is 20.1 Å². The van der Waals surface area contributed by atoms with Crippen LogP contribution < -0.4 is 0 Å². The first kappa shape index (κ1) is 14.0. The van der Waals surface area contributed by atoms with Gasteiger partial charge in [0.25, 0.3) is 5.91 Å². The van der Waals surface area contributed by atoms with Gasteiger partial charge in [-0.05, 0) is 31.1 Å². The summed E-state index contributed by atoms with van der Waals surface area (Å²) in [5, 5.41) is 6.83. The Morgan fingerprint density at radius 3 is 2.84 bits per heavy atom. The summed E-state index contributed by atoms with van der Waals surface area (Å²) in [6.45, 7) is 8.19. The normalized spacial score (nSPS) is 20.6. The molecule has 0 aromatic carbocycles. The van der Waals surface area contributed by atoms with Gasteiger partial charge in [0.05, 0.1) is 0 Å². The largest absolute Gasteiger partial charge is 0.336 e. The molecule has 106 valence electrons. The summed E-state index contributed by atoms with van der Waals surface area (Å²) in [5.74, 6) is 2.50. The fourth-order valence-corrected chi connectivity index (χ4v) is 2.68. The number of H-pyrrole nitrogens is 1. The number of carbonyl (C=O) groups excluding carboxylic acids is 1. The Morgan fingerprint density at radius 1 is 1.42 bits per heavy atom. The molecule has 1 N–H and O–H groups in total. The third-order valence-corrected chi connectivity index (χ3v) is 4.06. The molecule has 1 amide bonds. The fourth-order valence-electron chi connectivity index (χ4n) is 2.68. The van der Waals surface area contributed by atoms with Crippen molar-refractivity contribution in [3.8, 4) is 0 Å². The predicted molar refractivity (Wildman–Crippen MR) is 73.8 cm³/mol. The number of amides is 1. The molecule has 1 aromatic heterocycles. The highest BCUT2D eigenvalue weighted by atomic mass is 16.2. The number of nitrogens with one attached hydrogen (secondary N) is 1. The number of hydrogen-bond acceptors (Lipinski definition) is 3. The molecule has 1 fully saturated rings. The summed E-state index contributed by atoms with van der Waals surface area (Å²) in [6.07, 6.45) is 4.17. The number of rotatable bonds is 3. The Bertz CT molecular complexity index is 427.